The van der Waals surface area contributed by atoms with Gasteiger partial charge in [-0.3, -0.25) is 4.79 Å². The lowest BCUT2D eigenvalue weighted by Crippen LogP contribution is -2.24. The van der Waals surface area contributed by atoms with Crippen molar-refractivity contribution in [3.8, 4) is 5.75 Å². The molecule has 2 aromatic rings. The van der Waals surface area contributed by atoms with Crippen LogP contribution in [0.25, 0.3) is 5.57 Å². The molecule has 1 aliphatic rings. The molecular weight excluding hydrogens is 347 g/mol. The summed E-state index contributed by atoms with van der Waals surface area (Å²) in [5.41, 5.74) is 10.6. The molecular formula is C18H14F3N3O2. The third-order valence-corrected chi connectivity index (χ3v) is 3.75. The molecule has 5 nitrogen and oxygen atoms in total. The molecule has 0 saturated heterocycles. The number of amides is 1. The molecule has 0 bridgehead atoms. The highest BCUT2D eigenvalue weighted by molar-refractivity contribution is 6.03. The van der Waals surface area contributed by atoms with Gasteiger partial charge in [0.15, 0.2) is 5.96 Å². The molecule has 0 atom stereocenters. The highest BCUT2D eigenvalue weighted by Gasteiger charge is 2.22. The number of carbonyl (C=O) groups excluding carboxylic acids is 1. The topological polar surface area (TPSA) is 90.7 Å². The number of halogens is 3. The number of nitrogens with two attached hydrogens (primary N) is 2. The Kier molecular flexibility index (Phi) is 4.66. The van der Waals surface area contributed by atoms with Crippen LogP contribution in [0, 0.1) is 17.5 Å². The Morgan fingerprint density at radius 1 is 1.08 bits per heavy atom. The van der Waals surface area contributed by atoms with E-state index in [0.717, 1.165) is 0 Å². The molecule has 8 heteroatoms. The van der Waals surface area contributed by atoms with Gasteiger partial charge in [-0.15, -0.1) is 0 Å². The van der Waals surface area contributed by atoms with Crippen molar-refractivity contribution in [3.63, 3.8) is 0 Å². The number of rotatable bonds is 2. The number of benzene rings is 2. The highest BCUT2D eigenvalue weighted by atomic mass is 19.1. The number of hydrogen-bond donors (Lipinski definition) is 2. The molecule has 0 aromatic heterocycles. The van der Waals surface area contributed by atoms with Gasteiger partial charge in [0, 0.05) is 29.7 Å². The first kappa shape index (κ1) is 17.5. The maximum Gasteiger partial charge on any atom is 0.280 e. The molecule has 26 heavy (non-hydrogen) atoms. The first-order valence-electron chi connectivity index (χ1n) is 7.63. The minimum atomic E-state index is -1.05. The van der Waals surface area contributed by atoms with Crippen LogP contribution in [-0.2, 0) is 0 Å². The van der Waals surface area contributed by atoms with E-state index >= 15 is 0 Å². The summed E-state index contributed by atoms with van der Waals surface area (Å²) in [4.78, 5) is 15.5. The van der Waals surface area contributed by atoms with Gasteiger partial charge in [-0.05, 0) is 23.8 Å². The van der Waals surface area contributed by atoms with Gasteiger partial charge in [0.25, 0.3) is 5.91 Å². The SMILES string of the molecule is NC(N)=NC(=O)c1ccc2c(c1)C(c1c(F)cc(F)cc1F)=CCCO2. The van der Waals surface area contributed by atoms with Gasteiger partial charge in [0.1, 0.15) is 23.2 Å². The first-order valence-corrected chi connectivity index (χ1v) is 7.63. The summed E-state index contributed by atoms with van der Waals surface area (Å²) < 4.78 is 47.3. The van der Waals surface area contributed by atoms with E-state index in [1.54, 1.807) is 6.08 Å². The minimum Gasteiger partial charge on any atom is -0.493 e. The monoisotopic (exact) mass is 361 g/mol. The van der Waals surface area contributed by atoms with Crippen molar-refractivity contribution in [3.05, 3.63) is 70.5 Å². The van der Waals surface area contributed by atoms with Gasteiger partial charge >= 0.3 is 0 Å². The van der Waals surface area contributed by atoms with Crippen molar-refractivity contribution in [1.29, 1.82) is 0 Å². The summed E-state index contributed by atoms with van der Waals surface area (Å²) in [5, 5.41) is 0. The fraction of sp³-hybridized carbons (Fsp3) is 0.111. The maximum atomic E-state index is 14.3. The van der Waals surface area contributed by atoms with Crippen molar-refractivity contribution in [2.24, 2.45) is 16.5 Å². The van der Waals surface area contributed by atoms with Crippen molar-refractivity contribution < 1.29 is 22.7 Å². The molecule has 0 saturated carbocycles. The molecule has 2 aromatic carbocycles. The van der Waals surface area contributed by atoms with Crippen LogP contribution in [0.3, 0.4) is 0 Å². The molecule has 1 heterocycles. The quantitative estimate of drug-likeness (QED) is 0.636. The van der Waals surface area contributed by atoms with E-state index in [1.807, 2.05) is 0 Å². The van der Waals surface area contributed by atoms with Crippen LogP contribution in [0.15, 0.2) is 41.4 Å². The molecule has 1 amide bonds. The minimum absolute atomic E-state index is 0.108. The van der Waals surface area contributed by atoms with E-state index in [-0.39, 0.29) is 23.3 Å². The van der Waals surface area contributed by atoms with Crippen LogP contribution < -0.4 is 16.2 Å². The lowest BCUT2D eigenvalue weighted by atomic mass is 9.94. The van der Waals surface area contributed by atoms with Crippen molar-refractivity contribution >= 4 is 17.4 Å². The fourth-order valence-electron chi connectivity index (χ4n) is 2.70. The molecule has 4 N–H and O–H groups in total. The second-order valence-electron chi connectivity index (χ2n) is 5.55. The van der Waals surface area contributed by atoms with Gasteiger partial charge in [0.05, 0.1) is 12.2 Å². The second kappa shape index (κ2) is 6.91. The maximum absolute atomic E-state index is 14.3. The van der Waals surface area contributed by atoms with Gasteiger partial charge < -0.3 is 16.2 Å². The van der Waals surface area contributed by atoms with Crippen LogP contribution >= 0.6 is 0 Å². The Balaban J connectivity index is 2.18. The number of guanidine groups is 1. The average molecular weight is 361 g/mol. The zero-order valence-electron chi connectivity index (χ0n) is 13.4. The molecule has 0 radical (unpaired) electrons. The summed E-state index contributed by atoms with van der Waals surface area (Å²) >= 11 is 0. The number of nitrogens with zero attached hydrogens (tertiary/aromatic N) is 1. The van der Waals surface area contributed by atoms with Crippen LogP contribution in [0.5, 0.6) is 5.75 Å². The van der Waals surface area contributed by atoms with Gasteiger partial charge in [-0.1, -0.05) is 6.08 Å². The Hall–Kier alpha value is -3.29. The molecule has 134 valence electrons. The summed E-state index contributed by atoms with van der Waals surface area (Å²) in [6, 6.07) is 5.50. The van der Waals surface area contributed by atoms with Gasteiger partial charge in [0.2, 0.25) is 0 Å². The molecule has 0 unspecified atom stereocenters. The smallest absolute Gasteiger partial charge is 0.280 e. The lowest BCUT2D eigenvalue weighted by molar-refractivity contribution is 0.100. The Labute approximate surface area is 146 Å². The van der Waals surface area contributed by atoms with Gasteiger partial charge in [-0.2, -0.15) is 4.99 Å². The number of hydrogen-bond acceptors (Lipinski definition) is 2. The average Bonchev–Trinajstić information content (AvgIpc) is 2.75. The molecule has 0 spiro atoms. The van der Waals surface area contributed by atoms with Crippen LogP contribution in [0.1, 0.15) is 27.9 Å². The zero-order chi connectivity index (χ0) is 18.8. The highest BCUT2D eigenvalue weighted by Crippen LogP contribution is 2.37. The second-order valence-corrected chi connectivity index (χ2v) is 5.55. The summed E-state index contributed by atoms with van der Waals surface area (Å²) in [6.07, 6.45) is 1.94. The van der Waals surface area contributed by atoms with Crippen molar-refractivity contribution in [1.82, 2.24) is 0 Å². The predicted molar refractivity (Wildman–Crippen MR) is 90.1 cm³/mol. The van der Waals surface area contributed by atoms with Crippen LogP contribution in [0.4, 0.5) is 13.2 Å². The standard InChI is InChI=1S/C18H14F3N3O2/c19-10-7-13(20)16(14(21)8-10)11-2-1-5-26-15-4-3-9(6-12(11)15)17(25)24-18(22)23/h2-4,6-8H,1,5H2,(H4,22,23,24,25). The van der Waals surface area contributed by atoms with E-state index < -0.39 is 34.9 Å². The van der Waals surface area contributed by atoms with Crippen molar-refractivity contribution in [2.75, 3.05) is 6.61 Å². The molecule has 1 aliphatic heterocycles. The Bertz CT molecular complexity index is 928. The summed E-state index contributed by atoms with van der Waals surface area (Å²) in [5.74, 6) is -3.92. The lowest BCUT2D eigenvalue weighted by Gasteiger charge is -2.14. The van der Waals surface area contributed by atoms with E-state index in [4.69, 9.17) is 16.2 Å². The largest absolute Gasteiger partial charge is 0.493 e. The normalized spacial score (nSPS) is 13.1. The number of carbonyl (C=O) groups is 1. The number of aliphatic imine (C=N–C) groups is 1. The van der Waals surface area contributed by atoms with E-state index in [0.29, 0.717) is 24.3 Å². The number of fused-ring (bicyclic) bond motifs is 1. The first-order chi connectivity index (χ1) is 12.4. The third-order valence-electron chi connectivity index (χ3n) is 3.75. The van der Waals surface area contributed by atoms with E-state index in [2.05, 4.69) is 4.99 Å². The van der Waals surface area contributed by atoms with Gasteiger partial charge in [-0.25, -0.2) is 13.2 Å². The Morgan fingerprint density at radius 2 is 1.77 bits per heavy atom. The van der Waals surface area contributed by atoms with E-state index in [1.165, 1.54) is 18.2 Å². The van der Waals surface area contributed by atoms with Crippen LogP contribution in [-0.4, -0.2) is 18.5 Å². The third kappa shape index (κ3) is 3.39. The van der Waals surface area contributed by atoms with E-state index in [9.17, 15) is 18.0 Å². The van der Waals surface area contributed by atoms with Crippen LogP contribution in [0.2, 0.25) is 0 Å². The predicted octanol–water partition coefficient (Wildman–Crippen LogP) is 2.73. The molecule has 3 rings (SSSR count). The summed E-state index contributed by atoms with van der Waals surface area (Å²) in [6.45, 7) is 0.280. The molecule has 0 aliphatic carbocycles. The fourth-order valence-corrected chi connectivity index (χ4v) is 2.70. The summed E-state index contributed by atoms with van der Waals surface area (Å²) in [7, 11) is 0. The van der Waals surface area contributed by atoms with Crippen molar-refractivity contribution in [2.45, 2.75) is 6.42 Å². The number of ether oxygens (including phenoxy) is 1. The molecule has 0 fully saturated rings. The zero-order valence-corrected chi connectivity index (χ0v) is 13.4. The Morgan fingerprint density at radius 3 is 2.42 bits per heavy atom.